The van der Waals surface area contributed by atoms with Crippen LogP contribution in [0.25, 0.3) is 0 Å². The van der Waals surface area contributed by atoms with E-state index in [9.17, 15) is 0 Å². The number of aliphatic hydroxyl groups excluding tert-OH is 1. The van der Waals surface area contributed by atoms with E-state index in [1.54, 1.807) is 17.1 Å². The highest BCUT2D eigenvalue weighted by Gasteiger charge is 2.02. The Balaban J connectivity index is 2.11. The molecule has 0 amide bonds. The van der Waals surface area contributed by atoms with Crippen LogP contribution in [0.2, 0.25) is 0 Å². The van der Waals surface area contributed by atoms with Crippen molar-refractivity contribution < 1.29 is 9.84 Å². The van der Waals surface area contributed by atoms with E-state index in [1.807, 2.05) is 31.2 Å². The number of hydrogen-bond acceptors (Lipinski definition) is 3. The van der Waals surface area contributed by atoms with E-state index in [0.29, 0.717) is 12.3 Å². The first-order valence-corrected chi connectivity index (χ1v) is 5.16. The van der Waals surface area contributed by atoms with Gasteiger partial charge in [-0.05, 0) is 18.6 Å². The molecule has 1 heterocycles. The molecule has 0 atom stereocenters. The minimum Gasteiger partial charge on any atom is -0.454 e. The number of ether oxygens (including phenoxy) is 1. The third-order valence-corrected chi connectivity index (χ3v) is 2.26. The SMILES string of the molecule is Cc1ccccc1Oc1cnn(CCO)c1. The molecule has 2 rings (SSSR count). The predicted octanol–water partition coefficient (Wildman–Crippen LogP) is 1.98. The van der Waals surface area contributed by atoms with Crippen LogP contribution in [-0.2, 0) is 6.54 Å². The molecule has 0 saturated heterocycles. The summed E-state index contributed by atoms with van der Waals surface area (Å²) >= 11 is 0. The Hall–Kier alpha value is -1.81. The highest BCUT2D eigenvalue weighted by Crippen LogP contribution is 2.23. The van der Waals surface area contributed by atoms with Crippen molar-refractivity contribution in [3.8, 4) is 11.5 Å². The maximum absolute atomic E-state index is 8.76. The van der Waals surface area contributed by atoms with E-state index in [2.05, 4.69) is 5.10 Å². The summed E-state index contributed by atoms with van der Waals surface area (Å²) in [5.41, 5.74) is 1.08. The molecule has 0 spiro atoms. The molecule has 0 aliphatic heterocycles. The van der Waals surface area contributed by atoms with Gasteiger partial charge in [0.15, 0.2) is 5.75 Å². The van der Waals surface area contributed by atoms with Crippen LogP contribution in [0.4, 0.5) is 0 Å². The number of nitrogens with zero attached hydrogens (tertiary/aromatic N) is 2. The van der Waals surface area contributed by atoms with Gasteiger partial charge in [-0.2, -0.15) is 5.10 Å². The van der Waals surface area contributed by atoms with E-state index in [4.69, 9.17) is 9.84 Å². The minimum absolute atomic E-state index is 0.0749. The van der Waals surface area contributed by atoms with Gasteiger partial charge in [0, 0.05) is 0 Å². The van der Waals surface area contributed by atoms with E-state index in [0.717, 1.165) is 11.3 Å². The van der Waals surface area contributed by atoms with E-state index < -0.39 is 0 Å². The normalized spacial score (nSPS) is 10.4. The van der Waals surface area contributed by atoms with Gasteiger partial charge in [-0.1, -0.05) is 18.2 Å². The van der Waals surface area contributed by atoms with Crippen molar-refractivity contribution in [1.29, 1.82) is 0 Å². The van der Waals surface area contributed by atoms with Gasteiger partial charge in [0.2, 0.25) is 0 Å². The quantitative estimate of drug-likeness (QED) is 0.853. The standard InChI is InChI=1S/C12H14N2O2/c1-10-4-2-3-5-12(10)16-11-8-13-14(9-11)6-7-15/h2-5,8-9,15H,6-7H2,1H3. The lowest BCUT2D eigenvalue weighted by Gasteiger charge is -2.05. The maximum Gasteiger partial charge on any atom is 0.165 e. The molecule has 1 aromatic heterocycles. The smallest absolute Gasteiger partial charge is 0.165 e. The fourth-order valence-corrected chi connectivity index (χ4v) is 1.42. The van der Waals surface area contributed by atoms with Crippen molar-refractivity contribution in [3.63, 3.8) is 0 Å². The first-order chi connectivity index (χ1) is 7.79. The highest BCUT2D eigenvalue weighted by molar-refractivity contribution is 5.35. The molecule has 0 fully saturated rings. The predicted molar refractivity (Wildman–Crippen MR) is 60.6 cm³/mol. The van der Waals surface area contributed by atoms with Crippen molar-refractivity contribution in [2.45, 2.75) is 13.5 Å². The molecule has 0 radical (unpaired) electrons. The van der Waals surface area contributed by atoms with Crippen molar-refractivity contribution in [3.05, 3.63) is 42.2 Å². The fraction of sp³-hybridized carbons (Fsp3) is 0.250. The lowest BCUT2D eigenvalue weighted by atomic mass is 10.2. The third kappa shape index (κ3) is 2.41. The molecule has 4 nitrogen and oxygen atoms in total. The van der Waals surface area contributed by atoms with Crippen molar-refractivity contribution >= 4 is 0 Å². The third-order valence-electron chi connectivity index (χ3n) is 2.26. The van der Waals surface area contributed by atoms with Gasteiger partial charge in [-0.15, -0.1) is 0 Å². The van der Waals surface area contributed by atoms with Crippen molar-refractivity contribution in [2.24, 2.45) is 0 Å². The van der Waals surface area contributed by atoms with Crippen LogP contribution in [0.15, 0.2) is 36.7 Å². The van der Waals surface area contributed by atoms with Crippen molar-refractivity contribution in [1.82, 2.24) is 9.78 Å². The number of benzene rings is 1. The number of para-hydroxylation sites is 1. The number of aromatic nitrogens is 2. The van der Waals surface area contributed by atoms with Crippen LogP contribution in [-0.4, -0.2) is 21.5 Å². The molecule has 0 saturated carbocycles. The molecule has 1 aromatic carbocycles. The average Bonchev–Trinajstić information content (AvgIpc) is 2.70. The van der Waals surface area contributed by atoms with Crippen LogP contribution in [0.1, 0.15) is 5.56 Å². The summed E-state index contributed by atoms with van der Waals surface area (Å²) in [5.74, 6) is 1.51. The second-order valence-electron chi connectivity index (χ2n) is 3.53. The van der Waals surface area contributed by atoms with Crippen LogP contribution >= 0.6 is 0 Å². The first kappa shape index (κ1) is 10.7. The Morgan fingerprint density at radius 1 is 1.38 bits per heavy atom. The van der Waals surface area contributed by atoms with Crippen molar-refractivity contribution in [2.75, 3.05) is 6.61 Å². The van der Waals surface area contributed by atoms with E-state index in [-0.39, 0.29) is 6.61 Å². The Morgan fingerprint density at radius 2 is 2.19 bits per heavy atom. The topological polar surface area (TPSA) is 47.3 Å². The monoisotopic (exact) mass is 218 g/mol. The summed E-state index contributed by atoms with van der Waals surface area (Å²) in [5, 5.41) is 12.8. The molecule has 0 bridgehead atoms. The molecule has 2 aromatic rings. The summed E-state index contributed by atoms with van der Waals surface area (Å²) in [6.07, 6.45) is 3.41. The summed E-state index contributed by atoms with van der Waals surface area (Å²) in [6, 6.07) is 7.81. The van der Waals surface area contributed by atoms with Gasteiger partial charge >= 0.3 is 0 Å². The molecule has 4 heteroatoms. The second-order valence-corrected chi connectivity index (χ2v) is 3.53. The lowest BCUT2D eigenvalue weighted by Crippen LogP contribution is -2.01. The minimum atomic E-state index is 0.0749. The molecule has 16 heavy (non-hydrogen) atoms. The molecular weight excluding hydrogens is 204 g/mol. The number of hydrogen-bond donors (Lipinski definition) is 1. The summed E-state index contributed by atoms with van der Waals surface area (Å²) in [7, 11) is 0. The Morgan fingerprint density at radius 3 is 2.94 bits per heavy atom. The van der Waals surface area contributed by atoms with Crippen LogP contribution < -0.4 is 4.74 Å². The van der Waals surface area contributed by atoms with Crippen LogP contribution in [0.3, 0.4) is 0 Å². The molecule has 0 aliphatic rings. The average molecular weight is 218 g/mol. The Kier molecular flexibility index (Phi) is 3.22. The summed E-state index contributed by atoms with van der Waals surface area (Å²) in [6.45, 7) is 2.55. The Bertz CT molecular complexity index is 466. The maximum atomic E-state index is 8.76. The zero-order valence-electron chi connectivity index (χ0n) is 9.13. The highest BCUT2D eigenvalue weighted by atomic mass is 16.5. The summed E-state index contributed by atoms with van der Waals surface area (Å²) in [4.78, 5) is 0. The van der Waals surface area contributed by atoms with Gasteiger partial charge < -0.3 is 9.84 Å². The zero-order valence-corrected chi connectivity index (χ0v) is 9.13. The Labute approximate surface area is 94.1 Å². The van der Waals surface area contributed by atoms with E-state index in [1.165, 1.54) is 0 Å². The largest absolute Gasteiger partial charge is 0.454 e. The zero-order chi connectivity index (χ0) is 11.4. The van der Waals surface area contributed by atoms with Gasteiger partial charge in [-0.25, -0.2) is 0 Å². The molecule has 1 N–H and O–H groups in total. The number of rotatable bonds is 4. The number of aryl methyl sites for hydroxylation is 1. The second kappa shape index (κ2) is 4.81. The molecular formula is C12H14N2O2. The summed E-state index contributed by atoms with van der Waals surface area (Å²) < 4.78 is 7.32. The van der Waals surface area contributed by atoms with Gasteiger partial charge in [0.25, 0.3) is 0 Å². The lowest BCUT2D eigenvalue weighted by molar-refractivity contribution is 0.269. The first-order valence-electron chi connectivity index (χ1n) is 5.16. The van der Waals surface area contributed by atoms with Gasteiger partial charge in [0.05, 0.1) is 25.5 Å². The molecule has 0 aliphatic carbocycles. The van der Waals surface area contributed by atoms with Gasteiger partial charge in [-0.3, -0.25) is 4.68 Å². The van der Waals surface area contributed by atoms with Gasteiger partial charge in [0.1, 0.15) is 5.75 Å². The molecule has 84 valence electrons. The van der Waals surface area contributed by atoms with Crippen LogP contribution in [0.5, 0.6) is 11.5 Å². The van der Waals surface area contributed by atoms with E-state index >= 15 is 0 Å². The molecule has 0 unspecified atom stereocenters. The van der Waals surface area contributed by atoms with Crippen LogP contribution in [0, 0.1) is 6.92 Å². The number of aliphatic hydroxyl groups is 1. The fourth-order valence-electron chi connectivity index (χ4n) is 1.42.